The number of alkyl halides is 2. The lowest BCUT2D eigenvalue weighted by Gasteiger charge is -2.25. The zero-order valence-electron chi connectivity index (χ0n) is 12.5. The molecule has 0 radical (unpaired) electrons. The lowest BCUT2D eigenvalue weighted by Crippen LogP contribution is -2.48. The van der Waals surface area contributed by atoms with Crippen LogP contribution in [-0.2, 0) is 11.3 Å². The average Bonchev–Trinajstić information content (AvgIpc) is 2.41. The average molecular weight is 300 g/mol. The van der Waals surface area contributed by atoms with E-state index in [4.69, 9.17) is 10.5 Å². The van der Waals surface area contributed by atoms with Crippen LogP contribution in [0.1, 0.15) is 26.3 Å². The molecule has 0 fully saturated rings. The summed E-state index contributed by atoms with van der Waals surface area (Å²) in [5.41, 5.74) is 6.28. The molecule has 6 heteroatoms. The minimum Gasteiger partial charge on any atom is -0.488 e. The van der Waals surface area contributed by atoms with Crippen LogP contribution in [0.15, 0.2) is 24.3 Å². The van der Waals surface area contributed by atoms with E-state index in [0.29, 0.717) is 5.75 Å². The molecule has 21 heavy (non-hydrogen) atoms. The topological polar surface area (TPSA) is 64.4 Å². The number of hydrogen-bond donors (Lipinski definition) is 2. The molecule has 0 unspecified atom stereocenters. The summed E-state index contributed by atoms with van der Waals surface area (Å²) < 4.78 is 29.1. The van der Waals surface area contributed by atoms with Gasteiger partial charge in [0.1, 0.15) is 12.4 Å². The fourth-order valence-corrected chi connectivity index (χ4v) is 1.60. The summed E-state index contributed by atoms with van der Waals surface area (Å²) in [6, 6.07) is 6.06. The first-order chi connectivity index (χ1) is 9.70. The first kappa shape index (κ1) is 17.4. The van der Waals surface area contributed by atoms with Crippen molar-refractivity contribution < 1.29 is 18.3 Å². The Bertz CT molecular complexity index is 473. The molecule has 1 aromatic rings. The SMILES string of the molecule is CC(C)(C)[C@H](N)C(=O)NCc1cccc(OCC(F)F)c1. The molecule has 0 spiro atoms. The summed E-state index contributed by atoms with van der Waals surface area (Å²) in [5, 5.41) is 2.73. The molecule has 118 valence electrons. The number of benzene rings is 1. The second-order valence-corrected chi connectivity index (χ2v) is 5.91. The number of nitrogens with two attached hydrogens (primary N) is 1. The molecule has 0 saturated carbocycles. The Balaban J connectivity index is 2.56. The van der Waals surface area contributed by atoms with Crippen LogP contribution in [0.3, 0.4) is 0 Å². The molecular weight excluding hydrogens is 278 g/mol. The zero-order valence-corrected chi connectivity index (χ0v) is 12.5. The van der Waals surface area contributed by atoms with Crippen molar-refractivity contribution in [1.29, 1.82) is 0 Å². The van der Waals surface area contributed by atoms with Crippen molar-refractivity contribution in [3.8, 4) is 5.75 Å². The van der Waals surface area contributed by atoms with Gasteiger partial charge in [-0.2, -0.15) is 0 Å². The largest absolute Gasteiger partial charge is 0.488 e. The van der Waals surface area contributed by atoms with E-state index in [-0.39, 0.29) is 17.9 Å². The van der Waals surface area contributed by atoms with Gasteiger partial charge in [-0.25, -0.2) is 8.78 Å². The Kier molecular flexibility index (Phi) is 6.08. The highest BCUT2D eigenvalue weighted by atomic mass is 19.3. The van der Waals surface area contributed by atoms with E-state index in [0.717, 1.165) is 5.56 Å². The highest BCUT2D eigenvalue weighted by molar-refractivity contribution is 5.82. The summed E-state index contributed by atoms with van der Waals surface area (Å²) in [7, 11) is 0. The van der Waals surface area contributed by atoms with Crippen molar-refractivity contribution in [2.45, 2.75) is 39.8 Å². The van der Waals surface area contributed by atoms with Crippen LogP contribution in [0.5, 0.6) is 5.75 Å². The quantitative estimate of drug-likeness (QED) is 0.847. The molecule has 1 atom stereocenters. The molecule has 4 nitrogen and oxygen atoms in total. The monoisotopic (exact) mass is 300 g/mol. The molecule has 0 aliphatic carbocycles. The van der Waals surface area contributed by atoms with Crippen LogP contribution in [-0.4, -0.2) is 25.0 Å². The lowest BCUT2D eigenvalue weighted by molar-refractivity contribution is -0.124. The van der Waals surface area contributed by atoms with Gasteiger partial charge < -0.3 is 15.8 Å². The van der Waals surface area contributed by atoms with Gasteiger partial charge in [-0.15, -0.1) is 0 Å². The van der Waals surface area contributed by atoms with E-state index in [9.17, 15) is 13.6 Å². The maximum absolute atomic E-state index is 12.1. The van der Waals surface area contributed by atoms with Gasteiger partial charge in [0.15, 0.2) is 0 Å². The van der Waals surface area contributed by atoms with Crippen molar-refractivity contribution in [2.24, 2.45) is 11.1 Å². The second kappa shape index (κ2) is 7.36. The van der Waals surface area contributed by atoms with Gasteiger partial charge in [-0.05, 0) is 23.1 Å². The van der Waals surface area contributed by atoms with E-state index in [1.165, 1.54) is 0 Å². The molecule has 0 bridgehead atoms. The first-order valence-corrected chi connectivity index (χ1v) is 6.73. The van der Waals surface area contributed by atoms with Crippen LogP contribution >= 0.6 is 0 Å². The van der Waals surface area contributed by atoms with Gasteiger partial charge in [0.25, 0.3) is 6.43 Å². The number of halogens is 2. The summed E-state index contributed by atoms with van der Waals surface area (Å²) in [5.74, 6) is 0.101. The van der Waals surface area contributed by atoms with Crippen molar-refractivity contribution >= 4 is 5.91 Å². The predicted octanol–water partition coefficient (Wildman–Crippen LogP) is 2.32. The molecule has 0 aliphatic heterocycles. The predicted molar refractivity (Wildman–Crippen MR) is 77.2 cm³/mol. The van der Waals surface area contributed by atoms with Gasteiger partial charge in [0, 0.05) is 6.54 Å². The van der Waals surface area contributed by atoms with Gasteiger partial charge in [-0.1, -0.05) is 32.9 Å². The molecule has 1 rings (SSSR count). The zero-order chi connectivity index (χ0) is 16.0. The Labute approximate surface area is 123 Å². The molecule has 1 aromatic carbocycles. The number of ether oxygens (including phenoxy) is 1. The summed E-state index contributed by atoms with van der Waals surface area (Å²) in [4.78, 5) is 11.9. The molecule has 0 aromatic heterocycles. The van der Waals surface area contributed by atoms with Crippen molar-refractivity contribution in [3.05, 3.63) is 29.8 Å². The number of hydrogen-bond acceptors (Lipinski definition) is 3. The fourth-order valence-electron chi connectivity index (χ4n) is 1.60. The smallest absolute Gasteiger partial charge is 0.272 e. The van der Waals surface area contributed by atoms with Gasteiger partial charge >= 0.3 is 0 Å². The van der Waals surface area contributed by atoms with Crippen LogP contribution < -0.4 is 15.8 Å². The molecule has 1 amide bonds. The minimum atomic E-state index is -2.52. The standard InChI is InChI=1S/C15H22F2N2O2/c1-15(2,3)13(18)14(20)19-8-10-5-4-6-11(7-10)21-9-12(16)17/h4-7,12-13H,8-9,18H2,1-3H3,(H,19,20)/t13-/m1/s1. The number of amides is 1. The van der Waals surface area contributed by atoms with Crippen LogP contribution in [0.2, 0.25) is 0 Å². The highest BCUT2D eigenvalue weighted by Gasteiger charge is 2.27. The second-order valence-electron chi connectivity index (χ2n) is 5.91. The number of nitrogens with one attached hydrogen (secondary N) is 1. The maximum atomic E-state index is 12.1. The van der Waals surface area contributed by atoms with Crippen molar-refractivity contribution in [3.63, 3.8) is 0 Å². The highest BCUT2D eigenvalue weighted by Crippen LogP contribution is 2.18. The lowest BCUT2D eigenvalue weighted by atomic mass is 9.87. The fraction of sp³-hybridized carbons (Fsp3) is 0.533. The van der Waals surface area contributed by atoms with E-state index >= 15 is 0 Å². The van der Waals surface area contributed by atoms with Gasteiger partial charge in [-0.3, -0.25) is 4.79 Å². The van der Waals surface area contributed by atoms with Gasteiger partial charge in [0.2, 0.25) is 5.91 Å². The Hall–Kier alpha value is -1.69. The maximum Gasteiger partial charge on any atom is 0.272 e. The third-order valence-corrected chi connectivity index (χ3v) is 2.96. The van der Waals surface area contributed by atoms with Crippen LogP contribution in [0.4, 0.5) is 8.78 Å². The third-order valence-electron chi connectivity index (χ3n) is 2.96. The normalized spacial score (nSPS) is 13.1. The Morgan fingerprint density at radius 3 is 2.62 bits per heavy atom. The Morgan fingerprint density at radius 2 is 2.05 bits per heavy atom. The van der Waals surface area contributed by atoms with Crippen LogP contribution in [0.25, 0.3) is 0 Å². The van der Waals surface area contributed by atoms with Crippen LogP contribution in [0, 0.1) is 5.41 Å². The summed E-state index contributed by atoms with van der Waals surface area (Å²) in [6.07, 6.45) is -2.52. The molecular formula is C15H22F2N2O2. The number of rotatable bonds is 6. The third kappa shape index (κ3) is 6.08. The van der Waals surface area contributed by atoms with E-state index in [1.54, 1.807) is 24.3 Å². The van der Waals surface area contributed by atoms with E-state index in [2.05, 4.69) is 5.32 Å². The molecule has 0 saturated heterocycles. The minimum absolute atomic E-state index is 0.249. The molecule has 3 N–H and O–H groups in total. The van der Waals surface area contributed by atoms with Crippen molar-refractivity contribution in [2.75, 3.05) is 6.61 Å². The van der Waals surface area contributed by atoms with E-state index in [1.807, 2.05) is 20.8 Å². The van der Waals surface area contributed by atoms with E-state index < -0.39 is 19.1 Å². The number of carbonyl (C=O) groups excluding carboxylic acids is 1. The number of carbonyl (C=O) groups is 1. The summed E-state index contributed by atoms with van der Waals surface area (Å²) in [6.45, 7) is 5.28. The molecule has 0 heterocycles. The summed E-state index contributed by atoms with van der Waals surface area (Å²) >= 11 is 0. The van der Waals surface area contributed by atoms with Gasteiger partial charge in [0.05, 0.1) is 6.04 Å². The first-order valence-electron chi connectivity index (χ1n) is 6.73. The Morgan fingerprint density at radius 1 is 1.38 bits per heavy atom. The van der Waals surface area contributed by atoms with Crippen molar-refractivity contribution in [1.82, 2.24) is 5.32 Å². The molecule has 0 aliphatic rings.